The second-order valence-electron chi connectivity index (χ2n) is 5.58. The summed E-state index contributed by atoms with van der Waals surface area (Å²) in [5.74, 6) is -0.873. The van der Waals surface area contributed by atoms with Crippen LogP contribution >= 0.6 is 0 Å². The molecular weight excluding hydrogens is 304 g/mol. The standard InChI is InChI=1S/C19H22N2O3/c1-5-12-20-18(22)15(4)24-19(23)16-8-10-17(11-9-16)21-13(2)6-7-14(21)3/h5-11,15H,1,12H2,2-4H3,(H,20,22)/t15-/m0/s1. The first-order chi connectivity index (χ1) is 11.4. The molecule has 0 aliphatic heterocycles. The molecule has 1 aromatic carbocycles. The number of nitrogens with zero attached hydrogens (tertiary/aromatic N) is 1. The highest BCUT2D eigenvalue weighted by Crippen LogP contribution is 2.17. The van der Waals surface area contributed by atoms with Crippen LogP contribution in [0.4, 0.5) is 0 Å². The number of nitrogens with one attached hydrogen (secondary N) is 1. The monoisotopic (exact) mass is 326 g/mol. The highest BCUT2D eigenvalue weighted by molar-refractivity contribution is 5.92. The van der Waals surface area contributed by atoms with Crippen molar-refractivity contribution in [1.82, 2.24) is 9.88 Å². The molecular formula is C19H22N2O3. The molecule has 1 N–H and O–H groups in total. The Morgan fingerprint density at radius 1 is 1.17 bits per heavy atom. The van der Waals surface area contributed by atoms with E-state index in [1.54, 1.807) is 18.2 Å². The molecule has 1 atom stereocenters. The van der Waals surface area contributed by atoms with E-state index in [4.69, 9.17) is 4.74 Å². The number of aryl methyl sites for hydroxylation is 2. The second-order valence-corrected chi connectivity index (χ2v) is 5.58. The van der Waals surface area contributed by atoms with Crippen molar-refractivity contribution in [2.75, 3.05) is 6.54 Å². The van der Waals surface area contributed by atoms with Crippen LogP contribution in [0.15, 0.2) is 49.1 Å². The lowest BCUT2D eigenvalue weighted by Crippen LogP contribution is -2.35. The molecule has 0 spiro atoms. The summed E-state index contributed by atoms with van der Waals surface area (Å²) in [7, 11) is 0. The Balaban J connectivity index is 2.06. The highest BCUT2D eigenvalue weighted by atomic mass is 16.5. The van der Waals surface area contributed by atoms with Crippen molar-refractivity contribution in [3.8, 4) is 5.69 Å². The molecule has 5 nitrogen and oxygen atoms in total. The lowest BCUT2D eigenvalue weighted by atomic mass is 10.2. The Morgan fingerprint density at radius 3 is 2.29 bits per heavy atom. The predicted molar refractivity (Wildman–Crippen MR) is 93.3 cm³/mol. The van der Waals surface area contributed by atoms with Crippen molar-refractivity contribution in [3.05, 3.63) is 66.0 Å². The second kappa shape index (κ2) is 7.64. The van der Waals surface area contributed by atoms with E-state index in [0.717, 1.165) is 17.1 Å². The summed E-state index contributed by atoms with van der Waals surface area (Å²) in [6, 6.07) is 11.2. The van der Waals surface area contributed by atoms with Crippen LogP contribution < -0.4 is 5.32 Å². The van der Waals surface area contributed by atoms with Crippen LogP contribution in [0.1, 0.15) is 28.7 Å². The molecule has 5 heteroatoms. The number of amides is 1. The van der Waals surface area contributed by atoms with Crippen LogP contribution in [0.2, 0.25) is 0 Å². The number of ether oxygens (including phenoxy) is 1. The summed E-state index contributed by atoms with van der Waals surface area (Å²) >= 11 is 0. The number of hydrogen-bond donors (Lipinski definition) is 1. The van der Waals surface area contributed by atoms with Crippen LogP contribution in [0, 0.1) is 13.8 Å². The lowest BCUT2D eigenvalue weighted by molar-refractivity contribution is -0.128. The molecule has 1 heterocycles. The van der Waals surface area contributed by atoms with E-state index < -0.39 is 12.1 Å². The van der Waals surface area contributed by atoms with Crippen LogP contribution in [0.3, 0.4) is 0 Å². The molecule has 0 radical (unpaired) electrons. The Hall–Kier alpha value is -2.82. The SMILES string of the molecule is C=CCNC(=O)[C@H](C)OC(=O)c1ccc(-n2c(C)ccc2C)cc1. The molecule has 0 unspecified atom stereocenters. The molecule has 1 amide bonds. The fraction of sp³-hybridized carbons (Fsp3) is 0.263. The molecule has 0 fully saturated rings. The molecule has 1 aromatic heterocycles. The zero-order valence-corrected chi connectivity index (χ0v) is 14.2. The molecule has 24 heavy (non-hydrogen) atoms. The van der Waals surface area contributed by atoms with E-state index >= 15 is 0 Å². The van der Waals surface area contributed by atoms with E-state index in [2.05, 4.69) is 16.5 Å². The highest BCUT2D eigenvalue weighted by Gasteiger charge is 2.18. The maximum Gasteiger partial charge on any atom is 0.338 e. The van der Waals surface area contributed by atoms with Crippen molar-refractivity contribution in [1.29, 1.82) is 0 Å². The minimum Gasteiger partial charge on any atom is -0.449 e. The minimum absolute atomic E-state index is 0.338. The van der Waals surface area contributed by atoms with Crippen molar-refractivity contribution < 1.29 is 14.3 Å². The average Bonchev–Trinajstić information content (AvgIpc) is 2.91. The van der Waals surface area contributed by atoms with Gasteiger partial charge in [-0.25, -0.2) is 4.79 Å². The molecule has 0 saturated carbocycles. The third-order valence-electron chi connectivity index (χ3n) is 3.71. The van der Waals surface area contributed by atoms with Crippen molar-refractivity contribution in [2.45, 2.75) is 26.9 Å². The summed E-state index contributed by atoms with van der Waals surface area (Å²) in [5, 5.41) is 2.59. The van der Waals surface area contributed by atoms with Gasteiger partial charge < -0.3 is 14.6 Å². The third kappa shape index (κ3) is 3.93. The Morgan fingerprint density at radius 2 is 1.75 bits per heavy atom. The maximum absolute atomic E-state index is 12.1. The predicted octanol–water partition coefficient (Wildman–Crippen LogP) is 2.94. The van der Waals surface area contributed by atoms with Gasteiger partial charge in [-0.15, -0.1) is 6.58 Å². The van der Waals surface area contributed by atoms with Gasteiger partial charge >= 0.3 is 5.97 Å². The van der Waals surface area contributed by atoms with Gasteiger partial charge in [-0.3, -0.25) is 4.79 Å². The molecule has 0 saturated heterocycles. The van der Waals surface area contributed by atoms with E-state index in [0.29, 0.717) is 12.1 Å². The van der Waals surface area contributed by atoms with Crippen LogP contribution in [-0.2, 0) is 9.53 Å². The van der Waals surface area contributed by atoms with Crippen LogP contribution in [0.25, 0.3) is 5.69 Å². The molecule has 0 aliphatic rings. The summed E-state index contributed by atoms with van der Waals surface area (Å²) in [4.78, 5) is 23.8. The molecule has 126 valence electrons. The molecule has 2 aromatic rings. The Kier molecular flexibility index (Phi) is 5.58. The van der Waals surface area contributed by atoms with Gasteiger partial charge in [-0.05, 0) is 57.2 Å². The van der Waals surface area contributed by atoms with Crippen LogP contribution in [0.5, 0.6) is 0 Å². The smallest absolute Gasteiger partial charge is 0.338 e. The van der Waals surface area contributed by atoms with Gasteiger partial charge in [0.2, 0.25) is 0 Å². The molecule has 2 rings (SSSR count). The van der Waals surface area contributed by atoms with Gasteiger partial charge in [0.05, 0.1) is 5.56 Å². The van der Waals surface area contributed by atoms with Gasteiger partial charge in [0, 0.05) is 23.6 Å². The number of benzene rings is 1. The van der Waals surface area contributed by atoms with Gasteiger partial charge in [0.25, 0.3) is 5.91 Å². The number of rotatable bonds is 6. The summed E-state index contributed by atoms with van der Waals surface area (Å²) in [6.07, 6.45) is 0.710. The summed E-state index contributed by atoms with van der Waals surface area (Å²) < 4.78 is 7.28. The normalized spacial score (nSPS) is 11.6. The van der Waals surface area contributed by atoms with Gasteiger partial charge in [0.1, 0.15) is 0 Å². The van der Waals surface area contributed by atoms with Crippen molar-refractivity contribution in [2.24, 2.45) is 0 Å². The summed E-state index contributed by atoms with van der Waals surface area (Å²) in [6.45, 7) is 9.45. The van der Waals surface area contributed by atoms with Gasteiger partial charge in [0.15, 0.2) is 6.10 Å². The number of hydrogen-bond acceptors (Lipinski definition) is 3. The molecule has 0 bridgehead atoms. The quantitative estimate of drug-likeness (QED) is 0.656. The number of aromatic nitrogens is 1. The molecule has 0 aliphatic carbocycles. The van der Waals surface area contributed by atoms with Gasteiger partial charge in [-0.2, -0.15) is 0 Å². The topological polar surface area (TPSA) is 60.3 Å². The van der Waals surface area contributed by atoms with Crippen molar-refractivity contribution in [3.63, 3.8) is 0 Å². The Bertz CT molecular complexity index is 725. The largest absolute Gasteiger partial charge is 0.449 e. The average molecular weight is 326 g/mol. The minimum atomic E-state index is -0.855. The fourth-order valence-corrected chi connectivity index (χ4v) is 2.42. The first-order valence-electron chi connectivity index (χ1n) is 7.79. The summed E-state index contributed by atoms with van der Waals surface area (Å²) in [5.41, 5.74) is 3.62. The fourth-order valence-electron chi connectivity index (χ4n) is 2.42. The zero-order valence-electron chi connectivity index (χ0n) is 14.2. The Labute approximate surface area is 141 Å². The van der Waals surface area contributed by atoms with E-state index in [1.165, 1.54) is 6.92 Å². The third-order valence-corrected chi connectivity index (χ3v) is 3.71. The van der Waals surface area contributed by atoms with Gasteiger partial charge in [-0.1, -0.05) is 6.08 Å². The van der Waals surface area contributed by atoms with E-state index in [9.17, 15) is 9.59 Å². The van der Waals surface area contributed by atoms with Crippen molar-refractivity contribution >= 4 is 11.9 Å². The number of carbonyl (C=O) groups is 2. The zero-order chi connectivity index (χ0) is 17.7. The van der Waals surface area contributed by atoms with E-state index in [1.807, 2.05) is 38.1 Å². The first-order valence-corrected chi connectivity index (χ1v) is 7.79. The lowest BCUT2D eigenvalue weighted by Gasteiger charge is -2.13. The first kappa shape index (κ1) is 17.5. The number of carbonyl (C=O) groups excluding carboxylic acids is 2. The maximum atomic E-state index is 12.1. The van der Waals surface area contributed by atoms with Crippen LogP contribution in [-0.4, -0.2) is 29.1 Å². The number of esters is 1. The van der Waals surface area contributed by atoms with E-state index in [-0.39, 0.29) is 5.91 Å².